The van der Waals surface area contributed by atoms with Crippen LogP contribution >= 0.6 is 0 Å². The van der Waals surface area contributed by atoms with E-state index in [2.05, 4.69) is 20.6 Å². The van der Waals surface area contributed by atoms with E-state index in [1.807, 2.05) is 24.3 Å². The number of nitrogens with one attached hydrogen (secondary N) is 2. The molecule has 144 valence electrons. The Kier molecular flexibility index (Phi) is 6.16. The van der Waals surface area contributed by atoms with Crippen molar-refractivity contribution in [1.29, 1.82) is 0 Å². The number of carbonyl (C=O) groups is 1. The number of hydrogen-bond acceptors (Lipinski definition) is 5. The van der Waals surface area contributed by atoms with E-state index in [1.54, 1.807) is 32.2 Å². The molecule has 1 aromatic heterocycles. The number of nitrogens with zero attached hydrogens (tertiary/aromatic N) is 2. The number of hydrogen-bond donors (Lipinski definition) is 2. The minimum atomic E-state index is -0.503. The maximum atomic E-state index is 13.7. The van der Waals surface area contributed by atoms with Gasteiger partial charge in [0.1, 0.15) is 28.9 Å². The Morgan fingerprint density at radius 1 is 1.11 bits per heavy atom. The first-order chi connectivity index (χ1) is 13.6. The van der Waals surface area contributed by atoms with Gasteiger partial charge in [0, 0.05) is 12.6 Å². The van der Waals surface area contributed by atoms with E-state index in [1.165, 1.54) is 12.1 Å². The second-order valence-corrected chi connectivity index (χ2v) is 6.11. The van der Waals surface area contributed by atoms with E-state index < -0.39 is 11.7 Å². The number of aromatic nitrogens is 2. The number of rotatable bonds is 7. The number of halogens is 1. The number of aryl methyl sites for hydroxylation is 1. The minimum Gasteiger partial charge on any atom is -0.496 e. The highest BCUT2D eigenvalue weighted by Gasteiger charge is 2.13. The summed E-state index contributed by atoms with van der Waals surface area (Å²) in [5.74, 6) is 0.801. The summed E-state index contributed by atoms with van der Waals surface area (Å²) in [6.07, 6.45) is 0.726. The van der Waals surface area contributed by atoms with Crippen molar-refractivity contribution in [3.05, 3.63) is 77.5 Å². The molecule has 3 rings (SSSR count). The van der Waals surface area contributed by atoms with Crippen molar-refractivity contribution >= 4 is 17.4 Å². The summed E-state index contributed by atoms with van der Waals surface area (Å²) >= 11 is 0. The van der Waals surface area contributed by atoms with Gasteiger partial charge >= 0.3 is 0 Å². The van der Waals surface area contributed by atoms with Gasteiger partial charge in [-0.1, -0.05) is 30.3 Å². The topological polar surface area (TPSA) is 76.1 Å². The number of ether oxygens (including phenoxy) is 1. The number of methoxy groups -OCH3 is 1. The quantitative estimate of drug-likeness (QED) is 0.651. The van der Waals surface area contributed by atoms with Crippen LogP contribution in [0.2, 0.25) is 0 Å². The molecule has 0 saturated carbocycles. The third-order valence-corrected chi connectivity index (χ3v) is 4.09. The lowest BCUT2D eigenvalue weighted by molar-refractivity contribution is 0.102. The molecule has 2 N–H and O–H groups in total. The first-order valence-electron chi connectivity index (χ1n) is 8.84. The highest BCUT2D eigenvalue weighted by atomic mass is 19.1. The predicted molar refractivity (Wildman–Crippen MR) is 106 cm³/mol. The molecular weight excluding hydrogens is 359 g/mol. The van der Waals surface area contributed by atoms with Gasteiger partial charge < -0.3 is 15.4 Å². The Morgan fingerprint density at radius 2 is 1.86 bits per heavy atom. The number of para-hydroxylation sites is 2. The minimum absolute atomic E-state index is 0.106. The molecule has 0 unspecified atom stereocenters. The zero-order valence-corrected chi connectivity index (χ0v) is 15.7. The zero-order valence-electron chi connectivity index (χ0n) is 15.7. The SMILES string of the molecule is COc1ccccc1CCNc1cc(C(=O)Nc2ccccc2F)nc(C)n1. The van der Waals surface area contributed by atoms with Crippen molar-refractivity contribution in [2.45, 2.75) is 13.3 Å². The van der Waals surface area contributed by atoms with Crippen molar-refractivity contribution in [3.63, 3.8) is 0 Å². The molecule has 7 heteroatoms. The first-order valence-corrected chi connectivity index (χ1v) is 8.84. The molecule has 0 saturated heterocycles. The van der Waals surface area contributed by atoms with E-state index in [9.17, 15) is 9.18 Å². The van der Waals surface area contributed by atoms with Crippen LogP contribution in [0, 0.1) is 12.7 Å². The summed E-state index contributed by atoms with van der Waals surface area (Å²) in [6.45, 7) is 2.30. The maximum Gasteiger partial charge on any atom is 0.274 e. The van der Waals surface area contributed by atoms with Crippen molar-refractivity contribution in [1.82, 2.24) is 9.97 Å². The van der Waals surface area contributed by atoms with E-state index in [4.69, 9.17) is 4.74 Å². The van der Waals surface area contributed by atoms with Gasteiger partial charge in [0.25, 0.3) is 5.91 Å². The van der Waals surface area contributed by atoms with Crippen LogP contribution in [0.1, 0.15) is 21.9 Å². The van der Waals surface area contributed by atoms with Gasteiger partial charge in [-0.3, -0.25) is 4.79 Å². The lowest BCUT2D eigenvalue weighted by Gasteiger charge is -2.11. The van der Waals surface area contributed by atoms with E-state index in [-0.39, 0.29) is 11.4 Å². The third-order valence-electron chi connectivity index (χ3n) is 4.09. The van der Waals surface area contributed by atoms with Crippen molar-refractivity contribution in [2.75, 3.05) is 24.3 Å². The largest absolute Gasteiger partial charge is 0.496 e. The molecule has 0 aliphatic rings. The fraction of sp³-hybridized carbons (Fsp3) is 0.190. The Morgan fingerprint density at radius 3 is 2.64 bits per heavy atom. The monoisotopic (exact) mass is 380 g/mol. The molecule has 0 aliphatic carbocycles. The molecule has 28 heavy (non-hydrogen) atoms. The number of anilines is 2. The molecule has 0 aliphatic heterocycles. The molecule has 1 heterocycles. The average molecular weight is 380 g/mol. The van der Waals surface area contributed by atoms with E-state index in [0.29, 0.717) is 18.2 Å². The van der Waals surface area contributed by atoms with Crippen LogP contribution in [0.4, 0.5) is 15.9 Å². The van der Waals surface area contributed by atoms with Crippen LogP contribution in [-0.4, -0.2) is 29.5 Å². The van der Waals surface area contributed by atoms with Crippen LogP contribution in [0.5, 0.6) is 5.75 Å². The summed E-state index contributed by atoms with van der Waals surface area (Å²) in [6, 6.07) is 15.3. The fourth-order valence-corrected chi connectivity index (χ4v) is 2.76. The summed E-state index contributed by atoms with van der Waals surface area (Å²) < 4.78 is 19.1. The lowest BCUT2D eigenvalue weighted by atomic mass is 10.1. The second-order valence-electron chi connectivity index (χ2n) is 6.11. The maximum absolute atomic E-state index is 13.7. The summed E-state index contributed by atoms with van der Waals surface area (Å²) in [5.41, 5.74) is 1.34. The molecule has 6 nitrogen and oxygen atoms in total. The summed E-state index contributed by atoms with van der Waals surface area (Å²) in [7, 11) is 1.64. The molecule has 1 amide bonds. The smallest absolute Gasteiger partial charge is 0.274 e. The predicted octanol–water partition coefficient (Wildman–Crippen LogP) is 3.84. The van der Waals surface area contributed by atoms with Gasteiger partial charge in [-0.25, -0.2) is 14.4 Å². The third kappa shape index (κ3) is 4.82. The zero-order chi connectivity index (χ0) is 19.9. The fourth-order valence-electron chi connectivity index (χ4n) is 2.76. The van der Waals surface area contributed by atoms with Gasteiger partial charge in [-0.15, -0.1) is 0 Å². The summed E-state index contributed by atoms with van der Waals surface area (Å²) in [5, 5.41) is 5.72. The van der Waals surface area contributed by atoms with Gasteiger partial charge in [-0.2, -0.15) is 0 Å². The Labute approximate surface area is 162 Å². The molecule has 0 bridgehead atoms. The number of benzene rings is 2. The average Bonchev–Trinajstić information content (AvgIpc) is 2.69. The van der Waals surface area contributed by atoms with Crippen LogP contribution in [0.3, 0.4) is 0 Å². The van der Waals surface area contributed by atoms with Crippen LogP contribution in [0.25, 0.3) is 0 Å². The number of amides is 1. The molecule has 0 fully saturated rings. The van der Waals surface area contributed by atoms with Crippen molar-refractivity contribution in [3.8, 4) is 5.75 Å². The Balaban J connectivity index is 1.67. The van der Waals surface area contributed by atoms with Gasteiger partial charge in [0.05, 0.1) is 12.8 Å². The van der Waals surface area contributed by atoms with Crippen molar-refractivity contribution in [2.24, 2.45) is 0 Å². The first kappa shape index (κ1) is 19.3. The summed E-state index contributed by atoms with van der Waals surface area (Å²) in [4.78, 5) is 20.9. The highest BCUT2D eigenvalue weighted by molar-refractivity contribution is 6.03. The molecule has 0 atom stereocenters. The standard InChI is InChI=1S/C21H21FN4O2/c1-14-24-18(21(27)26-17-9-5-4-8-16(17)22)13-20(25-14)23-12-11-15-7-3-6-10-19(15)28-2/h3-10,13H,11-12H2,1-2H3,(H,26,27)(H,23,24,25). The van der Waals surface area contributed by atoms with E-state index >= 15 is 0 Å². The molecule has 0 spiro atoms. The van der Waals surface area contributed by atoms with Crippen LogP contribution in [-0.2, 0) is 6.42 Å². The second kappa shape index (κ2) is 8.94. The van der Waals surface area contributed by atoms with Gasteiger partial charge in [0.15, 0.2) is 0 Å². The number of carbonyl (C=O) groups excluding carboxylic acids is 1. The molecule has 2 aromatic carbocycles. The van der Waals surface area contributed by atoms with Crippen LogP contribution in [0.15, 0.2) is 54.6 Å². The molecule has 3 aromatic rings. The Bertz CT molecular complexity index is 978. The Hall–Kier alpha value is -3.48. The molecular formula is C21H21FN4O2. The van der Waals surface area contributed by atoms with Gasteiger partial charge in [0.2, 0.25) is 0 Å². The lowest BCUT2D eigenvalue weighted by Crippen LogP contribution is -2.17. The molecule has 0 radical (unpaired) electrons. The van der Waals surface area contributed by atoms with Gasteiger partial charge in [-0.05, 0) is 37.1 Å². The van der Waals surface area contributed by atoms with Crippen molar-refractivity contribution < 1.29 is 13.9 Å². The highest BCUT2D eigenvalue weighted by Crippen LogP contribution is 2.18. The normalized spacial score (nSPS) is 10.4. The van der Waals surface area contributed by atoms with Crippen LogP contribution < -0.4 is 15.4 Å². The van der Waals surface area contributed by atoms with E-state index in [0.717, 1.165) is 17.7 Å².